The molecule has 2 aliphatic rings. The highest BCUT2D eigenvalue weighted by atomic mass is 16.7. The summed E-state index contributed by atoms with van der Waals surface area (Å²) in [6.07, 6.45) is 2.53. The van der Waals surface area contributed by atoms with Gasteiger partial charge in [0.05, 0.1) is 23.4 Å². The normalized spacial score (nSPS) is 23.4. The average Bonchev–Trinajstić information content (AvgIpc) is 2.80. The number of benzene rings is 1. The van der Waals surface area contributed by atoms with Gasteiger partial charge in [-0.25, -0.2) is 0 Å². The van der Waals surface area contributed by atoms with Crippen LogP contribution in [0.1, 0.15) is 53.0 Å². The molecule has 0 aromatic heterocycles. The first-order chi connectivity index (χ1) is 12.6. The van der Waals surface area contributed by atoms with Crippen molar-refractivity contribution in [3.05, 3.63) is 29.2 Å². The number of ether oxygens (including phenoxy) is 1. The van der Waals surface area contributed by atoms with Crippen LogP contribution in [-0.2, 0) is 14.1 Å². The van der Waals surface area contributed by atoms with E-state index < -0.39 is 5.97 Å². The lowest BCUT2D eigenvalue weighted by Crippen LogP contribution is -2.41. The topological polar surface area (TPSA) is 77.0 Å². The molecule has 2 aliphatic heterocycles. The molecule has 1 atom stereocenters. The molecule has 0 aliphatic carbocycles. The lowest BCUT2D eigenvalue weighted by molar-refractivity contribution is -0.137. The standard InChI is InChI=1S/C20H28BNO5/c1-13(21-26-19(2,3)20(4,5)27-21)10-14-6-8-17-16(11-14)22-12-15(25-17)7-9-18(23)24/h6,8,10-11,15,22H,7,9,12H2,1-5H3,(H,23,24)/b13-10+/t15-/m0/s1. The van der Waals surface area contributed by atoms with Gasteiger partial charge in [-0.05, 0) is 64.2 Å². The predicted molar refractivity (Wildman–Crippen MR) is 106 cm³/mol. The Morgan fingerprint density at radius 1 is 1.30 bits per heavy atom. The van der Waals surface area contributed by atoms with Crippen LogP contribution in [-0.4, -0.2) is 42.0 Å². The van der Waals surface area contributed by atoms with Crippen LogP contribution in [0.2, 0.25) is 0 Å². The van der Waals surface area contributed by atoms with Gasteiger partial charge in [-0.3, -0.25) is 4.79 Å². The summed E-state index contributed by atoms with van der Waals surface area (Å²) in [6.45, 7) is 10.8. The van der Waals surface area contributed by atoms with Crippen LogP contribution in [0.4, 0.5) is 5.69 Å². The van der Waals surface area contributed by atoms with E-state index in [-0.39, 0.29) is 30.8 Å². The van der Waals surface area contributed by atoms with Gasteiger partial charge in [0.1, 0.15) is 11.9 Å². The molecule has 3 rings (SSSR count). The minimum atomic E-state index is -0.803. The number of hydrogen-bond donors (Lipinski definition) is 2. The van der Waals surface area contributed by atoms with Crippen LogP contribution in [0.25, 0.3) is 6.08 Å². The summed E-state index contributed by atoms with van der Waals surface area (Å²) in [6, 6.07) is 5.92. The van der Waals surface area contributed by atoms with Gasteiger partial charge in [-0.2, -0.15) is 0 Å². The maximum Gasteiger partial charge on any atom is 0.490 e. The number of rotatable bonds is 5. The van der Waals surface area contributed by atoms with Crippen LogP contribution in [0, 0.1) is 0 Å². The molecule has 1 fully saturated rings. The van der Waals surface area contributed by atoms with Crippen molar-refractivity contribution in [3.8, 4) is 5.75 Å². The van der Waals surface area contributed by atoms with E-state index in [1.807, 2.05) is 52.8 Å². The molecule has 7 heteroatoms. The van der Waals surface area contributed by atoms with E-state index in [1.54, 1.807) is 0 Å². The summed E-state index contributed by atoms with van der Waals surface area (Å²) in [5.74, 6) is -0.0508. The largest absolute Gasteiger partial charge is 0.490 e. The highest BCUT2D eigenvalue weighted by Gasteiger charge is 2.51. The zero-order valence-electron chi connectivity index (χ0n) is 16.7. The molecule has 0 unspecified atom stereocenters. The second-order valence-electron chi connectivity index (χ2n) is 8.29. The summed E-state index contributed by atoms with van der Waals surface area (Å²) in [7, 11) is -0.365. The highest BCUT2D eigenvalue weighted by Crippen LogP contribution is 2.39. The first-order valence-electron chi connectivity index (χ1n) is 9.37. The average molecular weight is 373 g/mol. The third kappa shape index (κ3) is 4.30. The Balaban J connectivity index is 1.69. The molecule has 6 nitrogen and oxygen atoms in total. The van der Waals surface area contributed by atoms with Crippen LogP contribution in [0.3, 0.4) is 0 Å². The summed E-state index contributed by atoms with van der Waals surface area (Å²) in [5, 5.41) is 12.1. The van der Waals surface area contributed by atoms with Crippen molar-refractivity contribution in [1.29, 1.82) is 0 Å². The van der Waals surface area contributed by atoms with Gasteiger partial charge in [-0.1, -0.05) is 12.1 Å². The van der Waals surface area contributed by atoms with E-state index in [1.165, 1.54) is 0 Å². The number of aliphatic carboxylic acids is 1. The maximum atomic E-state index is 10.7. The molecule has 0 spiro atoms. The lowest BCUT2D eigenvalue weighted by atomic mass is 9.78. The van der Waals surface area contributed by atoms with E-state index in [0.29, 0.717) is 13.0 Å². The first kappa shape index (κ1) is 19.8. The molecule has 146 valence electrons. The van der Waals surface area contributed by atoms with Crippen molar-refractivity contribution in [2.45, 2.75) is 64.8 Å². The van der Waals surface area contributed by atoms with Crippen LogP contribution in [0.5, 0.6) is 5.75 Å². The molecule has 0 amide bonds. The Labute approximate surface area is 161 Å². The monoisotopic (exact) mass is 373 g/mol. The smallest absolute Gasteiger partial charge is 0.486 e. The predicted octanol–water partition coefficient (Wildman–Crippen LogP) is 3.76. The molecule has 1 aromatic rings. The van der Waals surface area contributed by atoms with E-state index >= 15 is 0 Å². The van der Waals surface area contributed by atoms with E-state index in [2.05, 4.69) is 11.4 Å². The third-order valence-corrected chi connectivity index (χ3v) is 5.52. The molecule has 1 saturated heterocycles. The molecule has 0 radical (unpaired) electrons. The Morgan fingerprint density at radius 3 is 2.59 bits per heavy atom. The van der Waals surface area contributed by atoms with E-state index in [4.69, 9.17) is 19.2 Å². The second kappa shape index (κ2) is 7.21. The Hall–Kier alpha value is -1.99. The number of nitrogens with one attached hydrogen (secondary N) is 1. The quantitative estimate of drug-likeness (QED) is 0.766. The SMILES string of the molecule is C/C(=C\c1ccc2c(c1)NC[C@H](CCC(=O)O)O2)B1OC(C)(C)C(C)(C)O1. The van der Waals surface area contributed by atoms with Crippen LogP contribution in [0.15, 0.2) is 23.7 Å². The molecule has 1 aromatic carbocycles. The van der Waals surface area contributed by atoms with Gasteiger partial charge in [0.2, 0.25) is 0 Å². The van der Waals surface area contributed by atoms with Gasteiger partial charge in [-0.15, -0.1) is 0 Å². The molecule has 27 heavy (non-hydrogen) atoms. The summed E-state index contributed by atoms with van der Waals surface area (Å²) >= 11 is 0. The molecule has 0 saturated carbocycles. The van der Waals surface area contributed by atoms with Crippen molar-refractivity contribution in [2.24, 2.45) is 0 Å². The maximum absolute atomic E-state index is 10.7. The van der Waals surface area contributed by atoms with Crippen molar-refractivity contribution in [3.63, 3.8) is 0 Å². The second-order valence-corrected chi connectivity index (χ2v) is 8.29. The number of carbonyl (C=O) groups is 1. The minimum Gasteiger partial charge on any atom is -0.486 e. The number of allylic oxidation sites excluding steroid dienone is 1. The van der Waals surface area contributed by atoms with Crippen molar-refractivity contribution in [1.82, 2.24) is 0 Å². The Morgan fingerprint density at radius 2 is 1.96 bits per heavy atom. The molecule has 0 bridgehead atoms. The third-order valence-electron chi connectivity index (χ3n) is 5.52. The summed E-state index contributed by atoms with van der Waals surface area (Å²) in [4.78, 5) is 10.7. The van der Waals surface area contributed by atoms with Gasteiger partial charge < -0.3 is 24.5 Å². The highest BCUT2D eigenvalue weighted by molar-refractivity contribution is 6.55. The fraction of sp³-hybridized carbons (Fsp3) is 0.550. The molecule has 2 heterocycles. The van der Waals surface area contributed by atoms with Crippen molar-refractivity contribution < 1.29 is 23.9 Å². The first-order valence-corrected chi connectivity index (χ1v) is 9.37. The number of hydrogen-bond acceptors (Lipinski definition) is 5. The van der Waals surface area contributed by atoms with Gasteiger partial charge in [0, 0.05) is 6.42 Å². The van der Waals surface area contributed by atoms with E-state index in [9.17, 15) is 4.79 Å². The van der Waals surface area contributed by atoms with E-state index in [0.717, 1.165) is 22.5 Å². The van der Waals surface area contributed by atoms with Crippen LogP contribution < -0.4 is 10.1 Å². The van der Waals surface area contributed by atoms with Crippen molar-refractivity contribution in [2.75, 3.05) is 11.9 Å². The fourth-order valence-electron chi connectivity index (χ4n) is 3.13. The van der Waals surface area contributed by atoms with Gasteiger partial charge in [0.25, 0.3) is 0 Å². The number of anilines is 1. The Bertz CT molecular complexity index is 743. The molecular formula is C20H28BNO5. The summed E-state index contributed by atoms with van der Waals surface area (Å²) in [5.41, 5.74) is 2.23. The minimum absolute atomic E-state index is 0.107. The fourth-order valence-corrected chi connectivity index (χ4v) is 3.13. The Kier molecular flexibility index (Phi) is 5.28. The number of fused-ring (bicyclic) bond motifs is 1. The summed E-state index contributed by atoms with van der Waals surface area (Å²) < 4.78 is 18.1. The van der Waals surface area contributed by atoms with Gasteiger partial charge >= 0.3 is 13.1 Å². The number of carboxylic acids is 1. The van der Waals surface area contributed by atoms with Gasteiger partial charge in [0.15, 0.2) is 0 Å². The zero-order chi connectivity index (χ0) is 19.8. The zero-order valence-corrected chi connectivity index (χ0v) is 16.7. The van der Waals surface area contributed by atoms with Crippen LogP contribution >= 0.6 is 0 Å². The van der Waals surface area contributed by atoms with Crippen molar-refractivity contribution >= 4 is 24.9 Å². The lowest BCUT2D eigenvalue weighted by Gasteiger charge is -2.32. The molecule has 2 N–H and O–H groups in total. The number of carboxylic acid groups (broad SMARTS) is 1. The molecular weight excluding hydrogens is 345 g/mol.